The van der Waals surface area contributed by atoms with Crippen molar-refractivity contribution in [2.75, 3.05) is 13.7 Å². The third-order valence-electron chi connectivity index (χ3n) is 3.95. The predicted molar refractivity (Wildman–Crippen MR) is 94.9 cm³/mol. The number of hydrogen-bond donors (Lipinski definition) is 2. The highest BCUT2D eigenvalue weighted by atomic mass is 16.5. The highest BCUT2D eigenvalue weighted by molar-refractivity contribution is 5.76. The van der Waals surface area contributed by atoms with Crippen molar-refractivity contribution in [3.05, 3.63) is 54.4 Å². The molecule has 0 fully saturated rings. The summed E-state index contributed by atoms with van der Waals surface area (Å²) in [6.07, 6.45) is -1.46. The van der Waals surface area contributed by atoms with Gasteiger partial charge < -0.3 is 24.3 Å². The number of nitrogens with zero attached hydrogens (tertiary/aromatic N) is 2. The molecule has 132 valence electrons. The van der Waals surface area contributed by atoms with Gasteiger partial charge in [0.05, 0.1) is 24.7 Å². The molecule has 25 heavy (non-hydrogen) atoms. The Hall–Kier alpha value is -2.57. The monoisotopic (exact) mass is 342 g/mol. The largest absolute Gasteiger partial charge is 0.497 e. The molecule has 1 heterocycles. The molecule has 1 aromatic heterocycles. The molecule has 0 aliphatic carbocycles. The lowest BCUT2D eigenvalue weighted by Gasteiger charge is -2.16. The van der Waals surface area contributed by atoms with Gasteiger partial charge in [0, 0.05) is 0 Å². The standard InChI is InChI=1S/C19H22N2O4/c1-13(22)19-20-17-5-3-4-6-18(17)21(19)11-14(23)12-25-16-9-7-15(24-2)8-10-16/h3-10,13-14,22-23H,11-12H2,1-2H3/t13-,14-/m1/s1. The Morgan fingerprint density at radius 2 is 1.72 bits per heavy atom. The summed E-state index contributed by atoms with van der Waals surface area (Å²) >= 11 is 0. The van der Waals surface area contributed by atoms with Crippen molar-refractivity contribution >= 4 is 11.0 Å². The average molecular weight is 342 g/mol. The minimum atomic E-state index is -0.739. The fourth-order valence-corrected chi connectivity index (χ4v) is 2.73. The van der Waals surface area contributed by atoms with Crippen molar-refractivity contribution < 1.29 is 19.7 Å². The maximum Gasteiger partial charge on any atom is 0.138 e. The molecule has 0 amide bonds. The van der Waals surface area contributed by atoms with E-state index < -0.39 is 12.2 Å². The van der Waals surface area contributed by atoms with Gasteiger partial charge in [0.1, 0.15) is 36.1 Å². The molecule has 0 aliphatic heterocycles. The number of aliphatic hydroxyl groups excluding tert-OH is 2. The van der Waals surface area contributed by atoms with E-state index in [1.54, 1.807) is 38.3 Å². The molecule has 6 heteroatoms. The van der Waals surface area contributed by atoms with E-state index in [0.29, 0.717) is 11.6 Å². The van der Waals surface area contributed by atoms with Crippen LogP contribution in [-0.4, -0.2) is 39.6 Å². The summed E-state index contributed by atoms with van der Waals surface area (Å²) in [7, 11) is 1.61. The van der Waals surface area contributed by atoms with Gasteiger partial charge in [0.25, 0.3) is 0 Å². The van der Waals surface area contributed by atoms with Gasteiger partial charge in [-0.25, -0.2) is 4.98 Å². The fourth-order valence-electron chi connectivity index (χ4n) is 2.73. The lowest BCUT2D eigenvalue weighted by atomic mass is 10.3. The first-order valence-corrected chi connectivity index (χ1v) is 8.16. The summed E-state index contributed by atoms with van der Waals surface area (Å²) in [6.45, 7) is 2.09. The lowest BCUT2D eigenvalue weighted by molar-refractivity contribution is 0.0895. The number of methoxy groups -OCH3 is 1. The SMILES string of the molecule is COc1ccc(OC[C@H](O)Cn2c([C@@H](C)O)nc3ccccc32)cc1. The van der Waals surface area contributed by atoms with Crippen LogP contribution in [0.5, 0.6) is 11.5 Å². The molecule has 0 spiro atoms. The molecule has 3 aromatic rings. The Labute approximate surface area is 146 Å². The van der Waals surface area contributed by atoms with Crippen molar-refractivity contribution in [1.29, 1.82) is 0 Å². The second-order valence-corrected chi connectivity index (χ2v) is 5.89. The van der Waals surface area contributed by atoms with E-state index in [1.165, 1.54) is 0 Å². The first kappa shape index (κ1) is 17.3. The Morgan fingerprint density at radius 1 is 1.04 bits per heavy atom. The van der Waals surface area contributed by atoms with E-state index in [1.807, 2.05) is 28.8 Å². The normalized spacial score (nSPS) is 13.6. The van der Waals surface area contributed by atoms with E-state index in [4.69, 9.17) is 9.47 Å². The van der Waals surface area contributed by atoms with Gasteiger partial charge in [0.2, 0.25) is 0 Å². The number of fused-ring (bicyclic) bond motifs is 1. The van der Waals surface area contributed by atoms with Crippen LogP contribution in [0.1, 0.15) is 18.9 Å². The quantitative estimate of drug-likeness (QED) is 0.690. The first-order valence-electron chi connectivity index (χ1n) is 8.16. The predicted octanol–water partition coefficient (Wildman–Crippen LogP) is 2.54. The average Bonchev–Trinajstić information content (AvgIpc) is 2.99. The maximum atomic E-state index is 10.4. The molecular formula is C19H22N2O4. The molecule has 0 bridgehead atoms. The molecule has 0 aliphatic rings. The zero-order valence-electron chi connectivity index (χ0n) is 14.3. The minimum Gasteiger partial charge on any atom is -0.497 e. The van der Waals surface area contributed by atoms with E-state index in [-0.39, 0.29) is 13.2 Å². The van der Waals surface area contributed by atoms with Gasteiger partial charge in [-0.15, -0.1) is 0 Å². The number of hydrogen-bond acceptors (Lipinski definition) is 5. The van der Waals surface area contributed by atoms with E-state index in [2.05, 4.69) is 4.98 Å². The number of aliphatic hydroxyl groups is 2. The summed E-state index contributed by atoms with van der Waals surface area (Å²) in [5, 5.41) is 20.3. The van der Waals surface area contributed by atoms with Gasteiger partial charge in [-0.3, -0.25) is 0 Å². The van der Waals surface area contributed by atoms with Crippen molar-refractivity contribution in [1.82, 2.24) is 9.55 Å². The zero-order chi connectivity index (χ0) is 17.8. The Bertz CT molecular complexity index is 827. The Kier molecular flexibility index (Phi) is 5.21. The van der Waals surface area contributed by atoms with Crippen LogP contribution in [0.25, 0.3) is 11.0 Å². The summed E-state index contributed by atoms with van der Waals surface area (Å²) in [4.78, 5) is 4.45. The Balaban J connectivity index is 1.70. The number of imidazole rings is 1. The smallest absolute Gasteiger partial charge is 0.138 e. The Morgan fingerprint density at radius 3 is 2.40 bits per heavy atom. The number of rotatable bonds is 7. The van der Waals surface area contributed by atoms with Gasteiger partial charge in [-0.1, -0.05) is 12.1 Å². The number of ether oxygens (including phenoxy) is 2. The van der Waals surface area contributed by atoms with Crippen LogP contribution in [0.15, 0.2) is 48.5 Å². The van der Waals surface area contributed by atoms with Crippen LogP contribution in [0.4, 0.5) is 0 Å². The number of para-hydroxylation sites is 2. The third kappa shape index (κ3) is 3.92. The van der Waals surface area contributed by atoms with Crippen LogP contribution < -0.4 is 9.47 Å². The van der Waals surface area contributed by atoms with Crippen molar-refractivity contribution in [2.45, 2.75) is 25.7 Å². The van der Waals surface area contributed by atoms with E-state index >= 15 is 0 Å². The summed E-state index contributed by atoms with van der Waals surface area (Å²) in [5.74, 6) is 1.94. The molecular weight excluding hydrogens is 320 g/mol. The topological polar surface area (TPSA) is 76.7 Å². The second-order valence-electron chi connectivity index (χ2n) is 5.89. The van der Waals surface area contributed by atoms with Gasteiger partial charge in [0.15, 0.2) is 0 Å². The van der Waals surface area contributed by atoms with Gasteiger partial charge in [-0.2, -0.15) is 0 Å². The first-order chi connectivity index (χ1) is 12.1. The minimum absolute atomic E-state index is 0.137. The number of aromatic nitrogens is 2. The zero-order valence-corrected chi connectivity index (χ0v) is 14.3. The molecule has 2 aromatic carbocycles. The number of benzene rings is 2. The molecule has 3 rings (SSSR count). The molecule has 2 N–H and O–H groups in total. The van der Waals surface area contributed by atoms with Crippen LogP contribution in [0, 0.1) is 0 Å². The van der Waals surface area contributed by atoms with Gasteiger partial charge >= 0.3 is 0 Å². The van der Waals surface area contributed by atoms with Crippen molar-refractivity contribution in [2.24, 2.45) is 0 Å². The molecule has 0 saturated carbocycles. The third-order valence-corrected chi connectivity index (χ3v) is 3.95. The van der Waals surface area contributed by atoms with Crippen molar-refractivity contribution in [3.8, 4) is 11.5 Å². The van der Waals surface area contributed by atoms with Crippen LogP contribution in [0.3, 0.4) is 0 Å². The van der Waals surface area contributed by atoms with E-state index in [0.717, 1.165) is 16.8 Å². The van der Waals surface area contributed by atoms with Crippen molar-refractivity contribution in [3.63, 3.8) is 0 Å². The summed E-state index contributed by atoms with van der Waals surface area (Å²) < 4.78 is 12.6. The van der Waals surface area contributed by atoms with Crippen LogP contribution in [0.2, 0.25) is 0 Å². The van der Waals surface area contributed by atoms with E-state index in [9.17, 15) is 10.2 Å². The maximum absolute atomic E-state index is 10.4. The highest BCUT2D eigenvalue weighted by Gasteiger charge is 2.17. The highest BCUT2D eigenvalue weighted by Crippen LogP contribution is 2.22. The molecule has 0 unspecified atom stereocenters. The van der Waals surface area contributed by atoms with Crippen LogP contribution in [-0.2, 0) is 6.54 Å². The van der Waals surface area contributed by atoms with Gasteiger partial charge in [-0.05, 0) is 43.3 Å². The molecule has 6 nitrogen and oxygen atoms in total. The second kappa shape index (κ2) is 7.55. The lowest BCUT2D eigenvalue weighted by Crippen LogP contribution is -2.25. The summed E-state index contributed by atoms with van der Waals surface area (Å²) in [6, 6.07) is 14.8. The van der Waals surface area contributed by atoms with Crippen LogP contribution >= 0.6 is 0 Å². The summed E-state index contributed by atoms with van der Waals surface area (Å²) in [5.41, 5.74) is 1.67. The molecule has 0 radical (unpaired) electrons. The fraction of sp³-hybridized carbons (Fsp3) is 0.316. The molecule has 0 saturated heterocycles. The molecule has 2 atom stereocenters.